The summed E-state index contributed by atoms with van der Waals surface area (Å²) in [7, 11) is 0. The van der Waals surface area contributed by atoms with Gasteiger partial charge in [-0.05, 0) is 45.2 Å². The third-order valence-electron chi connectivity index (χ3n) is 5.70. The largest absolute Gasteiger partial charge is 0.343 e. The summed E-state index contributed by atoms with van der Waals surface area (Å²) in [5, 5.41) is 7.06. The average Bonchev–Trinajstić information content (AvgIpc) is 3.21. The Morgan fingerprint density at radius 1 is 1.13 bits per heavy atom. The standard InChI is InChI=1S/C23H30N4O3/c1-4-27-15-19(14-24-27)25-23(30)18-9-11-26(12-10-18)22(29)8-7-21(28)20-13-16(2)5-6-17(20)3/h5-6,13-15,18H,4,7-12H2,1-3H3,(H,25,30). The van der Waals surface area contributed by atoms with Crippen LogP contribution < -0.4 is 5.32 Å². The maximum absolute atomic E-state index is 12.6. The van der Waals surface area contributed by atoms with E-state index in [-0.39, 0.29) is 36.4 Å². The monoisotopic (exact) mass is 410 g/mol. The third kappa shape index (κ3) is 5.34. The molecule has 7 heteroatoms. The topological polar surface area (TPSA) is 84.3 Å². The van der Waals surface area contributed by atoms with E-state index in [4.69, 9.17) is 0 Å². The van der Waals surface area contributed by atoms with Crippen molar-refractivity contribution in [3.05, 3.63) is 47.3 Å². The predicted molar refractivity (Wildman–Crippen MR) is 115 cm³/mol. The Morgan fingerprint density at radius 3 is 2.53 bits per heavy atom. The van der Waals surface area contributed by atoms with Gasteiger partial charge in [0, 0.05) is 50.2 Å². The molecule has 2 amide bonds. The molecule has 1 aromatic carbocycles. The first-order valence-electron chi connectivity index (χ1n) is 10.6. The molecule has 0 aliphatic carbocycles. The smallest absolute Gasteiger partial charge is 0.227 e. The number of likely N-dealkylation sites (tertiary alicyclic amines) is 1. The molecule has 1 aromatic heterocycles. The number of hydrogen-bond acceptors (Lipinski definition) is 4. The van der Waals surface area contributed by atoms with Crippen molar-refractivity contribution in [2.45, 2.75) is 53.0 Å². The molecular weight excluding hydrogens is 380 g/mol. The maximum Gasteiger partial charge on any atom is 0.227 e. The van der Waals surface area contributed by atoms with Crippen molar-refractivity contribution in [3.8, 4) is 0 Å². The number of piperidine rings is 1. The molecule has 160 valence electrons. The van der Waals surface area contributed by atoms with Crippen molar-refractivity contribution in [2.75, 3.05) is 18.4 Å². The van der Waals surface area contributed by atoms with Gasteiger partial charge in [-0.1, -0.05) is 17.7 Å². The Kier molecular flexibility index (Phi) is 7.03. The van der Waals surface area contributed by atoms with Crippen LogP contribution in [0.3, 0.4) is 0 Å². The summed E-state index contributed by atoms with van der Waals surface area (Å²) in [6.45, 7) is 7.70. The third-order valence-corrected chi connectivity index (χ3v) is 5.70. The molecular formula is C23H30N4O3. The minimum Gasteiger partial charge on any atom is -0.343 e. The highest BCUT2D eigenvalue weighted by molar-refractivity contribution is 5.99. The lowest BCUT2D eigenvalue weighted by Gasteiger charge is -2.31. The molecule has 0 bridgehead atoms. The van der Waals surface area contributed by atoms with Crippen LogP contribution >= 0.6 is 0 Å². The van der Waals surface area contributed by atoms with Crippen molar-refractivity contribution in [3.63, 3.8) is 0 Å². The van der Waals surface area contributed by atoms with E-state index in [1.807, 2.05) is 45.2 Å². The van der Waals surface area contributed by atoms with E-state index < -0.39 is 0 Å². The van der Waals surface area contributed by atoms with Crippen molar-refractivity contribution in [1.82, 2.24) is 14.7 Å². The summed E-state index contributed by atoms with van der Waals surface area (Å²) in [6.07, 6.45) is 5.13. The fourth-order valence-electron chi connectivity index (χ4n) is 3.79. The Bertz CT molecular complexity index is 926. The lowest BCUT2D eigenvalue weighted by Crippen LogP contribution is -2.41. The second-order valence-electron chi connectivity index (χ2n) is 7.97. The molecule has 0 atom stereocenters. The predicted octanol–water partition coefficient (Wildman–Crippen LogP) is 3.36. The number of nitrogens with one attached hydrogen (secondary N) is 1. The fraction of sp³-hybridized carbons (Fsp3) is 0.478. The van der Waals surface area contributed by atoms with Crippen molar-refractivity contribution in [2.24, 2.45) is 5.92 Å². The van der Waals surface area contributed by atoms with E-state index in [1.165, 1.54) is 0 Å². The number of carbonyl (C=O) groups is 3. The van der Waals surface area contributed by atoms with Crippen LogP contribution in [0.15, 0.2) is 30.6 Å². The molecule has 0 saturated carbocycles. The molecule has 1 aliphatic heterocycles. The van der Waals surface area contributed by atoms with E-state index in [9.17, 15) is 14.4 Å². The molecule has 1 aliphatic rings. The van der Waals surface area contributed by atoms with Crippen LogP contribution in [0.25, 0.3) is 0 Å². The zero-order chi connectivity index (χ0) is 21.7. The summed E-state index contributed by atoms with van der Waals surface area (Å²) in [6, 6.07) is 5.80. The van der Waals surface area contributed by atoms with Crippen molar-refractivity contribution < 1.29 is 14.4 Å². The number of aromatic nitrogens is 2. The Hall–Kier alpha value is -2.96. The zero-order valence-electron chi connectivity index (χ0n) is 18.0. The quantitative estimate of drug-likeness (QED) is 0.710. The SMILES string of the molecule is CCn1cc(NC(=O)C2CCN(C(=O)CCC(=O)c3cc(C)ccc3C)CC2)cn1. The highest BCUT2D eigenvalue weighted by atomic mass is 16.2. The number of anilines is 1. The number of amides is 2. The van der Waals surface area contributed by atoms with Gasteiger partial charge in [0.15, 0.2) is 5.78 Å². The summed E-state index contributed by atoms with van der Waals surface area (Å²) >= 11 is 0. The Morgan fingerprint density at radius 2 is 1.87 bits per heavy atom. The van der Waals surface area contributed by atoms with Crippen LogP contribution in [0.4, 0.5) is 5.69 Å². The van der Waals surface area contributed by atoms with Crippen LogP contribution in [0.2, 0.25) is 0 Å². The van der Waals surface area contributed by atoms with E-state index >= 15 is 0 Å². The van der Waals surface area contributed by atoms with E-state index in [1.54, 1.807) is 15.8 Å². The first-order chi connectivity index (χ1) is 14.4. The van der Waals surface area contributed by atoms with Gasteiger partial charge in [-0.15, -0.1) is 0 Å². The second-order valence-corrected chi connectivity index (χ2v) is 7.97. The number of Topliss-reactive ketones (excluding diaryl/α,β-unsaturated/α-hetero) is 1. The molecule has 0 unspecified atom stereocenters. The van der Waals surface area contributed by atoms with Crippen LogP contribution in [0.1, 0.15) is 54.1 Å². The van der Waals surface area contributed by atoms with Gasteiger partial charge in [-0.25, -0.2) is 0 Å². The molecule has 7 nitrogen and oxygen atoms in total. The molecule has 0 radical (unpaired) electrons. The van der Waals surface area contributed by atoms with E-state index in [0.29, 0.717) is 37.2 Å². The van der Waals surface area contributed by atoms with Gasteiger partial charge < -0.3 is 10.2 Å². The highest BCUT2D eigenvalue weighted by Gasteiger charge is 2.27. The maximum atomic E-state index is 12.6. The summed E-state index contributed by atoms with van der Waals surface area (Å²) in [5.41, 5.74) is 3.38. The second kappa shape index (κ2) is 9.69. The van der Waals surface area contributed by atoms with Gasteiger partial charge in [0.1, 0.15) is 0 Å². The minimum absolute atomic E-state index is 0.00596. The number of aryl methyl sites for hydroxylation is 3. The van der Waals surface area contributed by atoms with Crippen molar-refractivity contribution in [1.29, 1.82) is 0 Å². The minimum atomic E-state index is -0.115. The molecule has 30 heavy (non-hydrogen) atoms. The zero-order valence-corrected chi connectivity index (χ0v) is 18.0. The van der Waals surface area contributed by atoms with Gasteiger partial charge in [0.05, 0.1) is 11.9 Å². The van der Waals surface area contributed by atoms with Crippen LogP contribution in [0, 0.1) is 19.8 Å². The molecule has 0 spiro atoms. The van der Waals surface area contributed by atoms with Gasteiger partial charge in [-0.2, -0.15) is 5.10 Å². The lowest BCUT2D eigenvalue weighted by atomic mass is 9.95. The Balaban J connectivity index is 1.45. The van der Waals surface area contributed by atoms with Gasteiger partial charge in [-0.3, -0.25) is 19.1 Å². The molecule has 1 saturated heterocycles. The van der Waals surface area contributed by atoms with Crippen LogP contribution in [0.5, 0.6) is 0 Å². The molecule has 2 heterocycles. The lowest BCUT2D eigenvalue weighted by molar-refractivity contribution is -0.134. The van der Waals surface area contributed by atoms with Gasteiger partial charge in [0.2, 0.25) is 11.8 Å². The van der Waals surface area contributed by atoms with Gasteiger partial charge >= 0.3 is 0 Å². The number of nitrogens with zero attached hydrogens (tertiary/aromatic N) is 3. The Labute approximate surface area is 177 Å². The van der Waals surface area contributed by atoms with Crippen LogP contribution in [-0.2, 0) is 16.1 Å². The number of rotatable bonds is 7. The fourth-order valence-corrected chi connectivity index (χ4v) is 3.79. The number of benzene rings is 1. The number of carbonyl (C=O) groups excluding carboxylic acids is 3. The molecule has 1 N–H and O–H groups in total. The first-order valence-corrected chi connectivity index (χ1v) is 10.6. The summed E-state index contributed by atoms with van der Waals surface area (Å²) in [5.74, 6) is -0.151. The van der Waals surface area contributed by atoms with Gasteiger partial charge in [0.25, 0.3) is 0 Å². The summed E-state index contributed by atoms with van der Waals surface area (Å²) < 4.78 is 1.76. The normalized spacial score (nSPS) is 14.6. The molecule has 1 fully saturated rings. The highest BCUT2D eigenvalue weighted by Crippen LogP contribution is 2.21. The van der Waals surface area contributed by atoms with E-state index in [2.05, 4.69) is 10.4 Å². The van der Waals surface area contributed by atoms with E-state index in [0.717, 1.165) is 17.7 Å². The average molecular weight is 411 g/mol. The van der Waals surface area contributed by atoms with Crippen molar-refractivity contribution >= 4 is 23.3 Å². The summed E-state index contributed by atoms with van der Waals surface area (Å²) in [4.78, 5) is 39.3. The number of ketones is 1. The number of hydrogen-bond donors (Lipinski definition) is 1. The first kappa shape index (κ1) is 21.7. The molecule has 2 aromatic rings. The molecule has 3 rings (SSSR count). The van der Waals surface area contributed by atoms with Crippen LogP contribution in [-0.4, -0.2) is 45.4 Å².